The largest absolute Gasteiger partial charge is 0.482 e. The fourth-order valence-corrected chi connectivity index (χ4v) is 4.92. The second kappa shape index (κ2) is 8.48. The van der Waals surface area contributed by atoms with Crippen molar-refractivity contribution in [2.45, 2.75) is 43.8 Å². The zero-order chi connectivity index (χ0) is 18.7. The summed E-state index contributed by atoms with van der Waals surface area (Å²) in [6.45, 7) is -0.169. The first kappa shape index (κ1) is 19.3. The third kappa shape index (κ3) is 4.62. The molecule has 2 aliphatic rings. The summed E-state index contributed by atoms with van der Waals surface area (Å²) in [5.74, 6) is 0.154. The molecule has 7 nitrogen and oxygen atoms in total. The number of nitrogens with zero attached hydrogens (tertiary/aromatic N) is 1. The molecule has 10 heteroatoms. The molecule has 0 spiro atoms. The van der Waals surface area contributed by atoms with Crippen molar-refractivity contribution in [1.82, 2.24) is 9.99 Å². The Morgan fingerprint density at radius 2 is 2.08 bits per heavy atom. The molecule has 2 fully saturated rings. The fraction of sp³-hybridized carbons (Fsp3) is 0.500. The zero-order valence-electron chi connectivity index (χ0n) is 14.0. The van der Waals surface area contributed by atoms with E-state index in [0.29, 0.717) is 36.0 Å². The first-order chi connectivity index (χ1) is 12.5. The van der Waals surface area contributed by atoms with Gasteiger partial charge in [-0.25, -0.2) is 4.79 Å². The van der Waals surface area contributed by atoms with Crippen molar-refractivity contribution in [2.24, 2.45) is 5.73 Å². The topological polar surface area (TPSA) is 96.7 Å². The van der Waals surface area contributed by atoms with Crippen LogP contribution in [0.25, 0.3) is 0 Å². The van der Waals surface area contributed by atoms with E-state index in [1.54, 1.807) is 16.8 Å². The van der Waals surface area contributed by atoms with E-state index >= 15 is 0 Å². The highest BCUT2D eigenvalue weighted by atomic mass is 35.5. The van der Waals surface area contributed by atoms with Crippen LogP contribution < -0.4 is 21.1 Å². The Morgan fingerprint density at radius 1 is 1.38 bits per heavy atom. The van der Waals surface area contributed by atoms with Crippen LogP contribution in [0.3, 0.4) is 0 Å². The number of nitrogens with one attached hydrogen (secondary N) is 2. The lowest BCUT2D eigenvalue weighted by molar-refractivity contribution is -0.130. The second-order valence-corrected chi connectivity index (χ2v) is 8.02. The molecule has 1 unspecified atom stereocenters. The van der Waals surface area contributed by atoms with Gasteiger partial charge in [0.25, 0.3) is 5.91 Å². The number of amides is 3. The molecule has 1 aromatic rings. The molecule has 4 N–H and O–H groups in total. The van der Waals surface area contributed by atoms with Gasteiger partial charge in [0.2, 0.25) is 0 Å². The van der Waals surface area contributed by atoms with Gasteiger partial charge in [0.05, 0.1) is 13.2 Å². The summed E-state index contributed by atoms with van der Waals surface area (Å²) in [7, 11) is 0.496. The Morgan fingerprint density at radius 3 is 2.69 bits per heavy atom. The average molecular weight is 415 g/mol. The number of benzene rings is 1. The van der Waals surface area contributed by atoms with Gasteiger partial charge >= 0.3 is 6.03 Å². The molecule has 0 saturated carbocycles. The molecule has 26 heavy (non-hydrogen) atoms. The van der Waals surface area contributed by atoms with E-state index in [9.17, 15) is 9.59 Å². The van der Waals surface area contributed by atoms with Gasteiger partial charge in [0.1, 0.15) is 5.75 Å². The van der Waals surface area contributed by atoms with Gasteiger partial charge in [-0.15, -0.1) is 0 Å². The highest BCUT2D eigenvalue weighted by Crippen LogP contribution is 2.33. The summed E-state index contributed by atoms with van der Waals surface area (Å²) >= 11 is 11.1. The number of ether oxygens (including phenoxy) is 1. The SMILES string of the molecule is NC(=O)Nc1cc(Cl)ccc1OCC(=O)N(P=S)C1C[C@H]2CC[C@@H](C1)N2. The van der Waals surface area contributed by atoms with E-state index in [1.807, 2.05) is 0 Å². The molecule has 140 valence electrons. The monoisotopic (exact) mass is 414 g/mol. The zero-order valence-corrected chi connectivity index (χ0v) is 16.4. The third-order valence-corrected chi connectivity index (χ3v) is 6.18. The Balaban J connectivity index is 1.64. The fourth-order valence-electron chi connectivity index (χ4n) is 3.61. The van der Waals surface area contributed by atoms with Crippen LogP contribution in [0.2, 0.25) is 5.02 Å². The van der Waals surface area contributed by atoms with Crippen LogP contribution in [0.15, 0.2) is 18.2 Å². The molecule has 3 amide bonds. The Kier molecular flexibility index (Phi) is 6.29. The summed E-state index contributed by atoms with van der Waals surface area (Å²) in [5.41, 5.74) is 5.47. The number of anilines is 1. The minimum atomic E-state index is -0.737. The summed E-state index contributed by atoms with van der Waals surface area (Å²) in [4.78, 5) is 23.8. The lowest BCUT2D eigenvalue weighted by Crippen LogP contribution is -2.47. The molecule has 0 aliphatic carbocycles. The standard InChI is InChI=1S/C16H20ClN4O3PS/c17-9-1-4-14(13(5-9)20-16(18)23)24-8-15(22)21(25-26)12-6-10-2-3-11(7-12)19-10/h1,4-5,10-12,19H,2-3,6-8H2,(H3,18,20,23)/t10-,11+,12?. The summed E-state index contributed by atoms with van der Waals surface area (Å²) in [5, 5.41) is 6.41. The molecule has 3 atom stereocenters. The van der Waals surface area contributed by atoms with Gasteiger partial charge in [-0.3, -0.25) is 9.46 Å². The Labute approximate surface area is 163 Å². The van der Waals surface area contributed by atoms with E-state index in [0.717, 1.165) is 25.7 Å². The van der Waals surface area contributed by atoms with Crippen LogP contribution in [-0.2, 0) is 16.6 Å². The normalized spacial score (nSPS) is 24.3. The van der Waals surface area contributed by atoms with E-state index in [4.69, 9.17) is 33.9 Å². The highest BCUT2D eigenvalue weighted by Gasteiger charge is 2.37. The molecule has 3 rings (SSSR count). The quantitative estimate of drug-likeness (QED) is 0.622. The van der Waals surface area contributed by atoms with Crippen LogP contribution in [0, 0.1) is 0 Å². The van der Waals surface area contributed by atoms with E-state index < -0.39 is 6.03 Å². The number of hydrogen-bond donors (Lipinski definition) is 3. The number of hydrogen-bond acceptors (Lipinski definition) is 5. The van der Waals surface area contributed by atoms with Crippen LogP contribution in [0.4, 0.5) is 10.5 Å². The molecule has 0 radical (unpaired) electrons. The predicted octanol–water partition coefficient (Wildman–Crippen LogP) is 2.64. The van der Waals surface area contributed by atoms with Crippen LogP contribution in [0.1, 0.15) is 25.7 Å². The van der Waals surface area contributed by atoms with Crippen LogP contribution >= 0.6 is 19.1 Å². The van der Waals surface area contributed by atoms with Crippen molar-refractivity contribution >= 4 is 48.5 Å². The number of fused-ring (bicyclic) bond motifs is 2. The van der Waals surface area contributed by atoms with Crippen molar-refractivity contribution in [1.29, 1.82) is 0 Å². The minimum Gasteiger partial charge on any atom is -0.482 e. The second-order valence-electron chi connectivity index (χ2n) is 6.50. The summed E-state index contributed by atoms with van der Waals surface area (Å²) < 4.78 is 7.30. The molecular formula is C16H20ClN4O3PS. The van der Waals surface area contributed by atoms with Crippen molar-refractivity contribution < 1.29 is 14.3 Å². The third-order valence-electron chi connectivity index (χ3n) is 4.69. The van der Waals surface area contributed by atoms with Gasteiger partial charge in [-0.2, -0.15) is 0 Å². The van der Waals surface area contributed by atoms with E-state index in [1.165, 1.54) is 6.07 Å². The summed E-state index contributed by atoms with van der Waals surface area (Å²) in [6.07, 6.45) is 4.14. The van der Waals surface area contributed by atoms with Crippen molar-refractivity contribution in [3.8, 4) is 5.75 Å². The molecule has 2 heterocycles. The van der Waals surface area contributed by atoms with Gasteiger partial charge < -0.3 is 21.1 Å². The number of urea groups is 1. The number of carbonyl (C=O) groups is 2. The van der Waals surface area contributed by atoms with Gasteiger partial charge in [0, 0.05) is 23.1 Å². The maximum Gasteiger partial charge on any atom is 0.316 e. The maximum absolute atomic E-state index is 12.6. The van der Waals surface area contributed by atoms with Gasteiger partial charge in [-0.1, -0.05) is 11.6 Å². The van der Waals surface area contributed by atoms with Crippen molar-refractivity contribution in [2.75, 3.05) is 11.9 Å². The Hall–Kier alpha value is -1.47. The first-order valence-corrected chi connectivity index (χ1v) is 10.6. The number of piperidine rings is 1. The molecule has 0 aromatic heterocycles. The van der Waals surface area contributed by atoms with Gasteiger partial charge in [-0.05, 0) is 55.7 Å². The molecule has 2 aliphatic heterocycles. The number of halogens is 1. The lowest BCUT2D eigenvalue weighted by Gasteiger charge is -2.34. The molecule has 1 aromatic carbocycles. The van der Waals surface area contributed by atoms with Crippen molar-refractivity contribution in [3.63, 3.8) is 0 Å². The number of primary amides is 1. The number of nitrogens with two attached hydrogens (primary N) is 1. The average Bonchev–Trinajstić information content (AvgIpc) is 2.92. The van der Waals surface area contributed by atoms with E-state index in [2.05, 4.69) is 10.6 Å². The number of rotatable bonds is 6. The highest BCUT2D eigenvalue weighted by molar-refractivity contribution is 7.95. The van der Waals surface area contributed by atoms with Crippen LogP contribution in [-0.4, -0.2) is 41.3 Å². The summed E-state index contributed by atoms with van der Waals surface area (Å²) in [6, 6.07) is 5.04. The first-order valence-electron chi connectivity index (χ1n) is 8.36. The predicted molar refractivity (Wildman–Crippen MR) is 104 cm³/mol. The minimum absolute atomic E-state index is 0.137. The lowest BCUT2D eigenvalue weighted by atomic mass is 10.00. The maximum atomic E-state index is 12.6. The molecular weight excluding hydrogens is 395 g/mol. The Bertz CT molecular complexity index is 711. The van der Waals surface area contributed by atoms with Crippen LogP contribution in [0.5, 0.6) is 5.75 Å². The van der Waals surface area contributed by atoms with Gasteiger partial charge in [0.15, 0.2) is 6.61 Å². The number of carbonyl (C=O) groups excluding carboxylic acids is 2. The molecule has 2 bridgehead atoms. The molecule has 2 saturated heterocycles. The van der Waals surface area contributed by atoms with E-state index in [-0.39, 0.29) is 18.6 Å². The smallest absolute Gasteiger partial charge is 0.316 e. The van der Waals surface area contributed by atoms with Crippen molar-refractivity contribution in [3.05, 3.63) is 23.2 Å².